The molecule has 7 heteroatoms. The van der Waals surface area contributed by atoms with Crippen LogP contribution in [0.3, 0.4) is 0 Å². The van der Waals surface area contributed by atoms with Crippen molar-refractivity contribution in [1.82, 2.24) is 5.32 Å². The van der Waals surface area contributed by atoms with Gasteiger partial charge in [0.15, 0.2) is 0 Å². The van der Waals surface area contributed by atoms with E-state index in [0.717, 1.165) is 43.9 Å². The monoisotopic (exact) mass is 403 g/mol. The number of rotatable bonds is 9. The van der Waals surface area contributed by atoms with Gasteiger partial charge in [-0.3, -0.25) is 9.59 Å². The van der Waals surface area contributed by atoms with Gasteiger partial charge in [-0.05, 0) is 57.7 Å². The fourth-order valence-corrected chi connectivity index (χ4v) is 3.76. The Hall–Kier alpha value is -2.12. The summed E-state index contributed by atoms with van der Waals surface area (Å²) in [6.07, 6.45) is 4.17. The molecule has 2 saturated heterocycles. The average Bonchev–Trinajstić information content (AvgIpc) is 3.40. The van der Waals surface area contributed by atoms with Gasteiger partial charge in [-0.25, -0.2) is 0 Å². The fraction of sp³-hybridized carbons (Fsp3) is 0.636. The summed E-state index contributed by atoms with van der Waals surface area (Å²) in [4.78, 5) is 27.0. The standard InChI is InChI=1S/C22H33N3O4/c1-16(23-22(27)17(2)29-15-20-9-6-12-28-20)13-21(26)24-18-7-5-8-19(14-18)25-10-3-4-11-25/h5,7-8,14,16-17,20H,3-4,6,9-13,15H2,1-2H3,(H,23,27)(H,24,26). The Bertz CT molecular complexity index is 684. The molecule has 0 saturated carbocycles. The van der Waals surface area contributed by atoms with Gasteiger partial charge in [0.05, 0.1) is 12.7 Å². The zero-order valence-corrected chi connectivity index (χ0v) is 17.5. The molecule has 0 spiro atoms. The number of nitrogens with one attached hydrogen (secondary N) is 2. The van der Waals surface area contributed by atoms with Gasteiger partial charge in [0.2, 0.25) is 11.8 Å². The number of carbonyl (C=O) groups excluding carboxylic acids is 2. The largest absolute Gasteiger partial charge is 0.376 e. The van der Waals surface area contributed by atoms with Crippen molar-refractivity contribution in [2.24, 2.45) is 0 Å². The number of nitrogens with zero attached hydrogens (tertiary/aromatic N) is 1. The van der Waals surface area contributed by atoms with Crippen LogP contribution in [-0.2, 0) is 19.1 Å². The summed E-state index contributed by atoms with van der Waals surface area (Å²) in [6, 6.07) is 7.65. The van der Waals surface area contributed by atoms with E-state index in [2.05, 4.69) is 21.6 Å². The molecule has 0 radical (unpaired) electrons. The van der Waals surface area contributed by atoms with E-state index >= 15 is 0 Å². The van der Waals surface area contributed by atoms with Gasteiger partial charge < -0.3 is 25.0 Å². The van der Waals surface area contributed by atoms with E-state index in [1.54, 1.807) is 6.92 Å². The molecule has 160 valence electrons. The minimum Gasteiger partial charge on any atom is -0.376 e. The number of carbonyl (C=O) groups is 2. The lowest BCUT2D eigenvalue weighted by molar-refractivity contribution is -0.134. The molecule has 1 aromatic carbocycles. The summed E-state index contributed by atoms with van der Waals surface area (Å²) in [7, 11) is 0. The third kappa shape index (κ3) is 6.72. The van der Waals surface area contributed by atoms with Gasteiger partial charge in [0.25, 0.3) is 0 Å². The van der Waals surface area contributed by atoms with Gasteiger partial charge in [-0.2, -0.15) is 0 Å². The Balaban J connectivity index is 1.40. The van der Waals surface area contributed by atoms with Gasteiger partial charge >= 0.3 is 0 Å². The molecular formula is C22H33N3O4. The van der Waals surface area contributed by atoms with Crippen LogP contribution in [0.1, 0.15) is 46.0 Å². The number of hydrogen-bond donors (Lipinski definition) is 2. The molecule has 3 atom stereocenters. The lowest BCUT2D eigenvalue weighted by Gasteiger charge is -2.20. The Labute approximate surface area is 173 Å². The van der Waals surface area contributed by atoms with Gasteiger partial charge in [-0.1, -0.05) is 6.07 Å². The molecule has 2 amide bonds. The predicted molar refractivity (Wildman–Crippen MR) is 113 cm³/mol. The van der Waals surface area contributed by atoms with E-state index < -0.39 is 6.10 Å². The van der Waals surface area contributed by atoms with Crippen LogP contribution in [0.5, 0.6) is 0 Å². The zero-order chi connectivity index (χ0) is 20.6. The van der Waals surface area contributed by atoms with E-state index in [1.165, 1.54) is 12.8 Å². The Kier molecular flexibility index (Phi) is 7.89. The molecule has 2 heterocycles. The minimum atomic E-state index is -0.568. The van der Waals surface area contributed by atoms with E-state index in [9.17, 15) is 9.59 Å². The second-order valence-corrected chi connectivity index (χ2v) is 8.02. The molecule has 2 N–H and O–H groups in total. The van der Waals surface area contributed by atoms with Crippen molar-refractivity contribution in [2.75, 3.05) is 36.5 Å². The van der Waals surface area contributed by atoms with Crippen LogP contribution in [0, 0.1) is 0 Å². The second kappa shape index (κ2) is 10.6. The molecule has 0 bridgehead atoms. The molecule has 3 rings (SSSR count). The summed E-state index contributed by atoms with van der Waals surface area (Å²) in [5.41, 5.74) is 1.92. The SMILES string of the molecule is CC(CC(=O)Nc1cccc(N2CCCC2)c1)NC(=O)C(C)OCC1CCCO1. The Morgan fingerprint density at radius 2 is 2.03 bits per heavy atom. The summed E-state index contributed by atoms with van der Waals surface area (Å²) >= 11 is 0. The van der Waals surface area contributed by atoms with E-state index in [0.29, 0.717) is 6.61 Å². The smallest absolute Gasteiger partial charge is 0.249 e. The highest BCUT2D eigenvalue weighted by Crippen LogP contribution is 2.23. The van der Waals surface area contributed by atoms with Crippen LogP contribution < -0.4 is 15.5 Å². The van der Waals surface area contributed by atoms with E-state index in [-0.39, 0.29) is 30.4 Å². The molecule has 0 aromatic heterocycles. The maximum absolute atomic E-state index is 12.4. The van der Waals surface area contributed by atoms with Crippen molar-refractivity contribution < 1.29 is 19.1 Å². The topological polar surface area (TPSA) is 79.9 Å². The minimum absolute atomic E-state index is 0.0878. The van der Waals surface area contributed by atoms with Crippen molar-refractivity contribution in [1.29, 1.82) is 0 Å². The predicted octanol–water partition coefficient (Wildman–Crippen LogP) is 2.70. The summed E-state index contributed by atoms with van der Waals surface area (Å²) < 4.78 is 11.1. The highest BCUT2D eigenvalue weighted by molar-refractivity contribution is 5.92. The number of anilines is 2. The van der Waals surface area contributed by atoms with Crippen LogP contribution >= 0.6 is 0 Å². The first-order valence-electron chi connectivity index (χ1n) is 10.7. The quantitative estimate of drug-likeness (QED) is 0.663. The van der Waals surface area contributed by atoms with Crippen molar-refractivity contribution in [3.8, 4) is 0 Å². The second-order valence-electron chi connectivity index (χ2n) is 8.02. The highest BCUT2D eigenvalue weighted by atomic mass is 16.5. The summed E-state index contributed by atoms with van der Waals surface area (Å²) in [5.74, 6) is -0.330. The van der Waals surface area contributed by atoms with Crippen molar-refractivity contribution in [3.05, 3.63) is 24.3 Å². The number of ether oxygens (including phenoxy) is 2. The summed E-state index contributed by atoms with van der Waals surface area (Å²) in [5, 5.41) is 5.79. The molecule has 2 aliphatic rings. The van der Waals surface area contributed by atoms with Gasteiger partial charge in [0, 0.05) is 43.5 Å². The number of benzene rings is 1. The third-order valence-electron chi connectivity index (χ3n) is 5.41. The zero-order valence-electron chi connectivity index (χ0n) is 17.5. The Morgan fingerprint density at radius 3 is 2.76 bits per heavy atom. The van der Waals surface area contributed by atoms with Crippen LogP contribution in [-0.4, -0.2) is 56.4 Å². The van der Waals surface area contributed by atoms with Crippen LogP contribution in [0.4, 0.5) is 11.4 Å². The molecule has 29 heavy (non-hydrogen) atoms. The lowest BCUT2D eigenvalue weighted by Crippen LogP contribution is -2.42. The molecule has 3 unspecified atom stereocenters. The van der Waals surface area contributed by atoms with E-state index in [4.69, 9.17) is 9.47 Å². The molecule has 0 aliphatic carbocycles. The van der Waals surface area contributed by atoms with Crippen molar-refractivity contribution in [3.63, 3.8) is 0 Å². The van der Waals surface area contributed by atoms with Crippen LogP contribution in [0.15, 0.2) is 24.3 Å². The van der Waals surface area contributed by atoms with Crippen molar-refractivity contribution in [2.45, 2.75) is 64.2 Å². The normalized spacial score (nSPS) is 21.0. The van der Waals surface area contributed by atoms with Gasteiger partial charge in [0.1, 0.15) is 6.10 Å². The first-order valence-corrected chi connectivity index (χ1v) is 10.7. The van der Waals surface area contributed by atoms with E-state index in [1.807, 2.05) is 25.1 Å². The molecule has 2 fully saturated rings. The molecule has 1 aromatic rings. The maximum Gasteiger partial charge on any atom is 0.249 e. The van der Waals surface area contributed by atoms with Gasteiger partial charge in [-0.15, -0.1) is 0 Å². The Morgan fingerprint density at radius 1 is 1.24 bits per heavy atom. The first-order chi connectivity index (χ1) is 14.0. The average molecular weight is 404 g/mol. The van der Waals surface area contributed by atoms with Crippen LogP contribution in [0.25, 0.3) is 0 Å². The number of hydrogen-bond acceptors (Lipinski definition) is 5. The maximum atomic E-state index is 12.4. The van der Waals surface area contributed by atoms with Crippen molar-refractivity contribution >= 4 is 23.2 Å². The summed E-state index contributed by atoms with van der Waals surface area (Å²) in [6.45, 7) is 6.87. The molecular weight excluding hydrogens is 370 g/mol. The number of amides is 2. The highest BCUT2D eigenvalue weighted by Gasteiger charge is 2.21. The van der Waals surface area contributed by atoms with Crippen LogP contribution in [0.2, 0.25) is 0 Å². The molecule has 7 nitrogen and oxygen atoms in total. The molecule has 2 aliphatic heterocycles. The first kappa shape index (κ1) is 21.6. The lowest BCUT2D eigenvalue weighted by atomic mass is 10.2. The third-order valence-corrected chi connectivity index (χ3v) is 5.41. The fourth-order valence-electron chi connectivity index (χ4n) is 3.76.